The first kappa shape index (κ1) is 15.3. The zero-order valence-electron chi connectivity index (χ0n) is 11.4. The van der Waals surface area contributed by atoms with Crippen LogP contribution in [0.1, 0.15) is 25.7 Å². The minimum absolute atomic E-state index is 0.0393. The molecule has 110 valence electrons. The number of halogens is 1. The Balaban J connectivity index is 1.67. The van der Waals surface area contributed by atoms with Crippen LogP contribution >= 0.6 is 15.9 Å². The number of carbonyl (C=O) groups excluding carboxylic acids is 1. The maximum Gasteiger partial charge on any atom is 0.223 e. The number of benzene rings is 1. The van der Waals surface area contributed by atoms with Gasteiger partial charge in [-0.1, -0.05) is 15.9 Å². The summed E-state index contributed by atoms with van der Waals surface area (Å²) in [4.78, 5) is 13.8. The average molecular weight is 342 g/mol. The van der Waals surface area contributed by atoms with Gasteiger partial charge >= 0.3 is 0 Å². The Morgan fingerprint density at radius 3 is 2.65 bits per heavy atom. The number of carbonyl (C=O) groups is 1. The molecule has 1 aliphatic rings. The van der Waals surface area contributed by atoms with Crippen molar-refractivity contribution < 1.29 is 14.6 Å². The van der Waals surface area contributed by atoms with E-state index in [1.807, 2.05) is 24.3 Å². The summed E-state index contributed by atoms with van der Waals surface area (Å²) in [6.45, 7) is 1.03. The van der Waals surface area contributed by atoms with Crippen LogP contribution in [0.15, 0.2) is 28.7 Å². The van der Waals surface area contributed by atoms with Gasteiger partial charge in [-0.2, -0.15) is 0 Å². The van der Waals surface area contributed by atoms with E-state index in [2.05, 4.69) is 15.9 Å². The molecular formula is C15H20BrNO3. The fourth-order valence-corrected chi connectivity index (χ4v) is 2.36. The lowest BCUT2D eigenvalue weighted by molar-refractivity contribution is -0.132. The number of aliphatic hydroxyl groups excluding tert-OH is 1. The van der Waals surface area contributed by atoms with Crippen molar-refractivity contribution in [2.75, 3.05) is 19.8 Å². The summed E-state index contributed by atoms with van der Waals surface area (Å²) in [6, 6.07) is 8.01. The molecule has 0 atom stereocenters. The van der Waals surface area contributed by atoms with Crippen molar-refractivity contribution in [3.63, 3.8) is 0 Å². The van der Waals surface area contributed by atoms with Crippen LogP contribution in [0.4, 0.5) is 0 Å². The SMILES string of the molecule is O=C(CCCOc1ccc(Br)cc1)N(CCO)C1CC1. The molecule has 2 rings (SSSR count). The highest BCUT2D eigenvalue weighted by Crippen LogP contribution is 2.27. The minimum atomic E-state index is 0.0393. The number of amides is 1. The van der Waals surface area contributed by atoms with E-state index in [9.17, 15) is 4.79 Å². The Labute approximate surface area is 127 Å². The molecule has 5 heteroatoms. The Bertz CT molecular complexity index is 431. The molecule has 1 amide bonds. The molecule has 1 aliphatic carbocycles. The van der Waals surface area contributed by atoms with Crippen molar-refractivity contribution in [2.45, 2.75) is 31.7 Å². The van der Waals surface area contributed by atoms with Crippen LogP contribution in [0.25, 0.3) is 0 Å². The summed E-state index contributed by atoms with van der Waals surface area (Å²) in [5.74, 6) is 0.941. The van der Waals surface area contributed by atoms with Gasteiger partial charge < -0.3 is 14.7 Å². The first-order valence-electron chi connectivity index (χ1n) is 6.99. The Morgan fingerprint density at radius 1 is 1.35 bits per heavy atom. The smallest absolute Gasteiger partial charge is 0.223 e. The lowest BCUT2D eigenvalue weighted by Crippen LogP contribution is -2.35. The second-order valence-corrected chi connectivity index (χ2v) is 5.86. The fraction of sp³-hybridized carbons (Fsp3) is 0.533. The van der Waals surface area contributed by atoms with Crippen LogP contribution in [0.3, 0.4) is 0 Å². The molecule has 0 radical (unpaired) electrons. The molecule has 1 aromatic carbocycles. The van der Waals surface area contributed by atoms with E-state index in [4.69, 9.17) is 9.84 Å². The van der Waals surface area contributed by atoms with Gasteiger partial charge in [0, 0.05) is 23.5 Å². The first-order valence-corrected chi connectivity index (χ1v) is 7.78. The molecule has 4 nitrogen and oxygen atoms in total. The molecule has 0 aliphatic heterocycles. The molecule has 1 aromatic rings. The summed E-state index contributed by atoms with van der Waals surface area (Å²) in [5.41, 5.74) is 0. The van der Waals surface area contributed by atoms with Crippen molar-refractivity contribution >= 4 is 21.8 Å². The molecule has 0 aromatic heterocycles. The molecular weight excluding hydrogens is 322 g/mol. The van der Waals surface area contributed by atoms with Gasteiger partial charge in [0.05, 0.1) is 13.2 Å². The molecule has 0 heterocycles. The highest BCUT2D eigenvalue weighted by molar-refractivity contribution is 9.10. The minimum Gasteiger partial charge on any atom is -0.494 e. The zero-order chi connectivity index (χ0) is 14.4. The number of nitrogens with zero attached hydrogens (tertiary/aromatic N) is 1. The topological polar surface area (TPSA) is 49.8 Å². The molecule has 0 saturated heterocycles. The van der Waals surface area contributed by atoms with E-state index in [1.165, 1.54) is 0 Å². The molecule has 0 unspecified atom stereocenters. The van der Waals surface area contributed by atoms with Crippen LogP contribution in [0.2, 0.25) is 0 Å². The monoisotopic (exact) mass is 341 g/mol. The van der Waals surface area contributed by atoms with Crippen LogP contribution in [-0.4, -0.2) is 41.7 Å². The van der Waals surface area contributed by atoms with Crippen LogP contribution < -0.4 is 4.74 Å². The first-order chi connectivity index (χ1) is 9.70. The van der Waals surface area contributed by atoms with E-state index in [0.717, 1.165) is 23.1 Å². The van der Waals surface area contributed by atoms with E-state index in [1.54, 1.807) is 4.90 Å². The largest absolute Gasteiger partial charge is 0.494 e. The van der Waals surface area contributed by atoms with Crippen molar-refractivity contribution in [3.05, 3.63) is 28.7 Å². The summed E-state index contributed by atoms with van der Waals surface area (Å²) >= 11 is 3.37. The Hall–Kier alpha value is -1.07. The highest BCUT2D eigenvalue weighted by atomic mass is 79.9. The van der Waals surface area contributed by atoms with Gasteiger partial charge in [-0.25, -0.2) is 0 Å². The summed E-state index contributed by atoms with van der Waals surface area (Å²) in [7, 11) is 0. The summed E-state index contributed by atoms with van der Waals surface area (Å²) in [6.07, 6.45) is 3.32. The maximum absolute atomic E-state index is 12.0. The number of ether oxygens (including phenoxy) is 1. The third-order valence-corrected chi connectivity index (χ3v) is 3.79. The quantitative estimate of drug-likeness (QED) is 0.739. The molecule has 1 fully saturated rings. The Kier molecular flexibility index (Phi) is 5.86. The zero-order valence-corrected chi connectivity index (χ0v) is 13.0. The van der Waals surface area contributed by atoms with Gasteiger partial charge in [0.25, 0.3) is 0 Å². The van der Waals surface area contributed by atoms with Crippen LogP contribution in [0, 0.1) is 0 Å². The van der Waals surface area contributed by atoms with Gasteiger partial charge in [0.2, 0.25) is 5.91 Å². The van der Waals surface area contributed by atoms with Crippen molar-refractivity contribution in [1.29, 1.82) is 0 Å². The number of hydrogen-bond acceptors (Lipinski definition) is 3. The summed E-state index contributed by atoms with van der Waals surface area (Å²) < 4.78 is 6.60. The fourth-order valence-electron chi connectivity index (χ4n) is 2.09. The molecule has 0 bridgehead atoms. The van der Waals surface area contributed by atoms with Crippen LogP contribution in [-0.2, 0) is 4.79 Å². The van der Waals surface area contributed by atoms with Gasteiger partial charge in [0.15, 0.2) is 0 Å². The van der Waals surface area contributed by atoms with Gasteiger partial charge in [-0.05, 0) is 43.5 Å². The summed E-state index contributed by atoms with van der Waals surface area (Å²) in [5, 5.41) is 8.98. The standard InChI is InChI=1S/C15H20BrNO3/c16-12-3-7-14(8-4-12)20-11-1-2-15(19)17(9-10-18)13-5-6-13/h3-4,7-8,13,18H,1-2,5-6,9-11H2. The van der Waals surface area contributed by atoms with Gasteiger partial charge in [0.1, 0.15) is 5.75 Å². The lowest BCUT2D eigenvalue weighted by Gasteiger charge is -2.21. The highest BCUT2D eigenvalue weighted by Gasteiger charge is 2.31. The van der Waals surface area contributed by atoms with Crippen molar-refractivity contribution in [2.24, 2.45) is 0 Å². The van der Waals surface area contributed by atoms with E-state index >= 15 is 0 Å². The van der Waals surface area contributed by atoms with Gasteiger partial charge in [-0.3, -0.25) is 4.79 Å². The number of rotatable bonds is 8. The predicted molar refractivity (Wildman–Crippen MR) is 80.7 cm³/mol. The third kappa shape index (κ3) is 4.80. The molecule has 20 heavy (non-hydrogen) atoms. The van der Waals surface area contributed by atoms with E-state index in [-0.39, 0.29) is 12.5 Å². The lowest BCUT2D eigenvalue weighted by atomic mass is 10.2. The van der Waals surface area contributed by atoms with E-state index in [0.29, 0.717) is 32.0 Å². The Morgan fingerprint density at radius 2 is 2.05 bits per heavy atom. The van der Waals surface area contributed by atoms with E-state index < -0.39 is 0 Å². The van der Waals surface area contributed by atoms with Crippen LogP contribution in [0.5, 0.6) is 5.75 Å². The molecule has 1 saturated carbocycles. The van der Waals surface area contributed by atoms with Gasteiger partial charge in [-0.15, -0.1) is 0 Å². The normalized spacial score (nSPS) is 14.1. The van der Waals surface area contributed by atoms with Crippen molar-refractivity contribution in [1.82, 2.24) is 4.90 Å². The predicted octanol–water partition coefficient (Wildman–Crippen LogP) is 2.59. The second kappa shape index (κ2) is 7.64. The third-order valence-electron chi connectivity index (χ3n) is 3.27. The number of hydrogen-bond donors (Lipinski definition) is 1. The molecule has 1 N–H and O–H groups in total. The van der Waals surface area contributed by atoms with Crippen molar-refractivity contribution in [3.8, 4) is 5.75 Å². The number of aliphatic hydroxyl groups is 1. The average Bonchev–Trinajstić information content (AvgIpc) is 3.27. The molecule has 0 spiro atoms. The second-order valence-electron chi connectivity index (χ2n) is 4.95. The maximum atomic E-state index is 12.0.